The van der Waals surface area contributed by atoms with E-state index in [0.717, 1.165) is 0 Å². The molecule has 1 aliphatic rings. The van der Waals surface area contributed by atoms with Crippen LogP contribution in [0, 0.1) is 0 Å². The van der Waals surface area contributed by atoms with Crippen LogP contribution in [-0.4, -0.2) is 52.6 Å². The molecule has 0 unspecified atom stereocenters. The molecule has 180 valence electrons. The summed E-state index contributed by atoms with van der Waals surface area (Å²) in [4.78, 5) is 37.9. The summed E-state index contributed by atoms with van der Waals surface area (Å²) in [5.41, 5.74) is 0.776. The number of ether oxygens (including phenoxy) is 4. The van der Waals surface area contributed by atoms with Gasteiger partial charge in [-0.3, -0.25) is 0 Å². The molecule has 8 nitrogen and oxygen atoms in total. The van der Waals surface area contributed by atoms with Gasteiger partial charge in [-0.1, -0.05) is 54.6 Å². The maximum Gasteiger partial charge on any atom is 0.338 e. The van der Waals surface area contributed by atoms with Crippen molar-refractivity contribution in [1.82, 2.24) is 0 Å². The fourth-order valence-corrected chi connectivity index (χ4v) is 4.08. The van der Waals surface area contributed by atoms with Crippen LogP contribution in [0.2, 0.25) is 0 Å². The third kappa shape index (κ3) is 5.94. The molecule has 35 heavy (non-hydrogen) atoms. The van der Waals surface area contributed by atoms with E-state index in [0.29, 0.717) is 5.56 Å². The second-order valence-corrected chi connectivity index (χ2v) is 8.79. The Morgan fingerprint density at radius 2 is 1.17 bits per heavy atom. The zero-order valence-corrected chi connectivity index (χ0v) is 19.9. The smallest absolute Gasteiger partial charge is 0.338 e. The van der Waals surface area contributed by atoms with Gasteiger partial charge < -0.3 is 24.1 Å². The Morgan fingerprint density at radius 3 is 1.66 bits per heavy atom. The van der Waals surface area contributed by atoms with Crippen LogP contribution in [0.5, 0.6) is 0 Å². The summed E-state index contributed by atoms with van der Waals surface area (Å²) in [5, 5.41) is 10.8. The quantitative estimate of drug-likeness (QED) is 0.274. The van der Waals surface area contributed by atoms with Crippen molar-refractivity contribution in [2.24, 2.45) is 0 Å². The van der Waals surface area contributed by atoms with Gasteiger partial charge in [-0.05, 0) is 52.3 Å². The normalized spacial score (nSPS) is 23.3. The first-order valence-corrected chi connectivity index (χ1v) is 11.5. The second kappa shape index (κ2) is 10.8. The van der Waals surface area contributed by atoms with Crippen LogP contribution >= 0.6 is 15.9 Å². The van der Waals surface area contributed by atoms with Crippen LogP contribution in [0.25, 0.3) is 0 Å². The number of carbonyl (C=O) groups is 3. The molecule has 0 amide bonds. The van der Waals surface area contributed by atoms with Gasteiger partial charge in [0.1, 0.15) is 12.7 Å². The summed E-state index contributed by atoms with van der Waals surface area (Å²) >= 11 is 3.01. The highest BCUT2D eigenvalue weighted by Crippen LogP contribution is 2.39. The van der Waals surface area contributed by atoms with E-state index < -0.39 is 40.9 Å². The summed E-state index contributed by atoms with van der Waals surface area (Å²) in [6, 6.07) is 24.6. The third-order valence-electron chi connectivity index (χ3n) is 5.22. The highest BCUT2D eigenvalue weighted by Gasteiger charge is 2.58. The van der Waals surface area contributed by atoms with E-state index in [1.807, 2.05) is 0 Å². The number of rotatable bonds is 7. The minimum atomic E-state index is -2.21. The van der Waals surface area contributed by atoms with Crippen LogP contribution in [0.3, 0.4) is 0 Å². The van der Waals surface area contributed by atoms with Crippen molar-refractivity contribution in [3.05, 3.63) is 108 Å². The summed E-state index contributed by atoms with van der Waals surface area (Å²) in [6.45, 7) is -0.381. The number of halogens is 1. The van der Waals surface area contributed by atoms with Crippen LogP contribution in [0.1, 0.15) is 31.1 Å². The van der Waals surface area contributed by atoms with E-state index in [1.165, 1.54) is 12.1 Å². The van der Waals surface area contributed by atoms with E-state index >= 15 is 0 Å². The van der Waals surface area contributed by atoms with Crippen LogP contribution < -0.4 is 0 Å². The maximum atomic E-state index is 12.8. The lowest BCUT2D eigenvalue weighted by atomic mass is 10.1. The van der Waals surface area contributed by atoms with Gasteiger partial charge in [0.15, 0.2) is 6.10 Å². The van der Waals surface area contributed by atoms with Crippen molar-refractivity contribution in [3.63, 3.8) is 0 Å². The summed E-state index contributed by atoms with van der Waals surface area (Å²) in [5.74, 6) is -2.13. The molecule has 4 atom stereocenters. The largest absolute Gasteiger partial charge is 0.459 e. The molecule has 3 aromatic carbocycles. The van der Waals surface area contributed by atoms with E-state index in [1.54, 1.807) is 78.9 Å². The molecule has 0 bridgehead atoms. The molecule has 0 saturated carbocycles. The molecular formula is C26H21BrO8. The number of aliphatic hydroxyl groups is 1. The average molecular weight is 541 g/mol. The molecule has 0 aliphatic carbocycles. The van der Waals surface area contributed by atoms with Gasteiger partial charge in [-0.2, -0.15) is 0 Å². The Bertz CT molecular complexity index is 1170. The highest BCUT2D eigenvalue weighted by atomic mass is 79.9. The fraction of sp³-hybridized carbons (Fsp3) is 0.192. The van der Waals surface area contributed by atoms with Crippen molar-refractivity contribution < 1.29 is 38.4 Å². The zero-order chi connectivity index (χ0) is 24.8. The number of esters is 3. The predicted octanol–water partition coefficient (Wildman–Crippen LogP) is 3.73. The van der Waals surface area contributed by atoms with Crippen molar-refractivity contribution in [1.29, 1.82) is 0 Å². The van der Waals surface area contributed by atoms with Crippen molar-refractivity contribution >= 4 is 33.8 Å². The van der Waals surface area contributed by atoms with Gasteiger partial charge in [-0.15, -0.1) is 0 Å². The van der Waals surface area contributed by atoms with Crippen molar-refractivity contribution in [3.8, 4) is 0 Å². The van der Waals surface area contributed by atoms with Gasteiger partial charge >= 0.3 is 17.9 Å². The Labute approximate surface area is 209 Å². The second-order valence-electron chi connectivity index (χ2n) is 7.66. The topological polar surface area (TPSA) is 108 Å². The predicted molar refractivity (Wildman–Crippen MR) is 127 cm³/mol. The molecule has 0 spiro atoms. The van der Waals surface area contributed by atoms with Crippen molar-refractivity contribution in [2.75, 3.05) is 6.61 Å². The minimum absolute atomic E-state index is 0.225. The van der Waals surface area contributed by atoms with Gasteiger partial charge in [0.05, 0.1) is 16.7 Å². The summed E-state index contributed by atoms with van der Waals surface area (Å²) in [7, 11) is 0. The highest BCUT2D eigenvalue weighted by molar-refractivity contribution is 9.10. The molecule has 1 saturated heterocycles. The van der Waals surface area contributed by atoms with Crippen LogP contribution in [-0.2, 0) is 18.9 Å². The fourth-order valence-electron chi connectivity index (χ4n) is 3.49. The molecule has 3 aromatic rings. The van der Waals surface area contributed by atoms with Crippen LogP contribution in [0.15, 0.2) is 91.0 Å². The lowest BCUT2D eigenvalue weighted by molar-refractivity contribution is -0.158. The van der Waals surface area contributed by atoms with Gasteiger partial charge in [0, 0.05) is 0 Å². The summed E-state index contributed by atoms with van der Waals surface area (Å²) in [6.07, 6.45) is -3.92. The van der Waals surface area contributed by atoms with E-state index in [9.17, 15) is 19.5 Å². The molecule has 1 heterocycles. The van der Waals surface area contributed by atoms with Gasteiger partial charge in [-0.25, -0.2) is 14.4 Å². The standard InChI is InChI=1S/C26H21BrO8/c27-26(31)22(34-25(30)19-14-8-3-9-15-19)21(33-24(29)18-12-6-2-7-13-18)20(35-26)16-32-23(28)17-10-4-1-5-11-17/h1-15,20-22,31H,16H2/t20-,21-,22-,26-/m1/s1. The van der Waals surface area contributed by atoms with Crippen molar-refractivity contribution in [2.45, 2.75) is 23.0 Å². The molecule has 1 aliphatic heterocycles. The molecule has 0 aromatic heterocycles. The maximum absolute atomic E-state index is 12.8. The number of alkyl halides is 1. The zero-order valence-electron chi connectivity index (χ0n) is 18.3. The number of hydrogen-bond donors (Lipinski definition) is 1. The monoisotopic (exact) mass is 540 g/mol. The lowest BCUT2D eigenvalue weighted by Gasteiger charge is -2.25. The van der Waals surface area contributed by atoms with E-state index in [2.05, 4.69) is 15.9 Å². The SMILES string of the molecule is O=C(OC[C@H]1O[C@@](O)(Br)[C@H](OC(=O)c2ccccc2)[C@@H]1OC(=O)c1ccccc1)c1ccccc1. The van der Waals surface area contributed by atoms with Gasteiger partial charge in [0.2, 0.25) is 6.10 Å². The molecule has 9 heteroatoms. The average Bonchev–Trinajstić information content (AvgIpc) is 3.12. The van der Waals surface area contributed by atoms with Crippen LogP contribution in [0.4, 0.5) is 0 Å². The minimum Gasteiger partial charge on any atom is -0.459 e. The first-order valence-electron chi connectivity index (χ1n) is 10.7. The lowest BCUT2D eigenvalue weighted by Crippen LogP contribution is -2.44. The molecule has 1 fully saturated rings. The first kappa shape index (κ1) is 24.6. The summed E-state index contributed by atoms with van der Waals surface area (Å²) < 4.78 is 19.8. The Hall–Kier alpha value is -3.53. The molecule has 4 rings (SSSR count). The Balaban J connectivity index is 1.55. The Morgan fingerprint density at radius 1 is 0.743 bits per heavy atom. The molecular weight excluding hydrogens is 520 g/mol. The third-order valence-corrected chi connectivity index (χ3v) is 5.85. The number of benzene rings is 3. The molecule has 0 radical (unpaired) electrons. The molecule has 1 N–H and O–H groups in total. The number of hydrogen-bond acceptors (Lipinski definition) is 8. The first-order chi connectivity index (χ1) is 16.8. The van der Waals surface area contributed by atoms with E-state index in [4.69, 9.17) is 18.9 Å². The van der Waals surface area contributed by atoms with Gasteiger partial charge in [0.25, 0.3) is 4.70 Å². The Kier molecular flexibility index (Phi) is 7.60. The number of carbonyl (C=O) groups excluding carboxylic acids is 3. The van der Waals surface area contributed by atoms with E-state index in [-0.39, 0.29) is 17.7 Å².